The highest BCUT2D eigenvalue weighted by atomic mass is 16.6. The van der Waals surface area contributed by atoms with Crippen LogP contribution in [0.3, 0.4) is 0 Å². The van der Waals surface area contributed by atoms with Gasteiger partial charge in [-0.1, -0.05) is 30.3 Å². The average molecular weight is 604 g/mol. The van der Waals surface area contributed by atoms with Gasteiger partial charge in [0.15, 0.2) is 0 Å². The lowest BCUT2D eigenvalue weighted by Crippen LogP contribution is -2.34. The number of hydrogen-bond donors (Lipinski definition) is 1. The third-order valence-electron chi connectivity index (χ3n) is 5.00. The number of amides is 1. The van der Waals surface area contributed by atoms with Crippen LogP contribution in [-0.2, 0) is 54.0 Å². The second-order valence-electron chi connectivity index (χ2n) is 9.87. The van der Waals surface area contributed by atoms with E-state index in [1.54, 1.807) is 0 Å². The Balaban J connectivity index is 1.65. The predicted molar refractivity (Wildman–Crippen MR) is 157 cm³/mol. The van der Waals surface area contributed by atoms with Crippen molar-refractivity contribution < 1.29 is 52.2 Å². The Kier molecular flexibility index (Phi) is 25.4. The van der Waals surface area contributed by atoms with Gasteiger partial charge in [-0.15, -0.1) is 0 Å². The Hall–Kier alpha value is -1.87. The van der Waals surface area contributed by atoms with Crippen molar-refractivity contribution in [2.45, 2.75) is 33.0 Å². The van der Waals surface area contributed by atoms with E-state index >= 15 is 0 Å². The molecule has 0 radical (unpaired) electrons. The molecule has 0 aliphatic heterocycles. The van der Waals surface area contributed by atoms with E-state index in [0.29, 0.717) is 125 Å². The van der Waals surface area contributed by atoms with E-state index in [4.69, 9.17) is 47.4 Å². The number of carbonyl (C=O) groups excluding carboxylic acids is 1. The van der Waals surface area contributed by atoms with Crippen LogP contribution in [0.25, 0.3) is 0 Å². The fourth-order valence-corrected chi connectivity index (χ4v) is 3.06. The zero-order valence-corrected chi connectivity index (χ0v) is 25.8. The summed E-state index contributed by atoms with van der Waals surface area (Å²) in [4.78, 5) is 11.5. The van der Waals surface area contributed by atoms with Crippen molar-refractivity contribution in [2.75, 3.05) is 119 Å². The van der Waals surface area contributed by atoms with Gasteiger partial charge in [0, 0.05) is 6.54 Å². The number of rotatable bonds is 29. The summed E-state index contributed by atoms with van der Waals surface area (Å²) in [6.07, 6.45) is -0.450. The highest BCUT2D eigenvalue weighted by Gasteiger charge is 2.15. The fourth-order valence-electron chi connectivity index (χ4n) is 3.06. The lowest BCUT2D eigenvalue weighted by atomic mass is 10.2. The Morgan fingerprint density at radius 3 is 1.21 bits per heavy atom. The highest BCUT2D eigenvalue weighted by Crippen LogP contribution is 2.06. The van der Waals surface area contributed by atoms with Crippen molar-refractivity contribution >= 4 is 6.09 Å². The van der Waals surface area contributed by atoms with Gasteiger partial charge in [-0.2, -0.15) is 0 Å². The molecular weight excluding hydrogens is 550 g/mol. The molecule has 0 spiro atoms. The van der Waals surface area contributed by atoms with Gasteiger partial charge in [-0.3, -0.25) is 0 Å². The van der Waals surface area contributed by atoms with Crippen LogP contribution >= 0.6 is 0 Å². The van der Waals surface area contributed by atoms with Crippen molar-refractivity contribution in [3.63, 3.8) is 0 Å². The van der Waals surface area contributed by atoms with Crippen LogP contribution in [0.2, 0.25) is 0 Å². The van der Waals surface area contributed by atoms with Gasteiger partial charge in [0.1, 0.15) is 5.60 Å². The number of benzene rings is 1. The Morgan fingerprint density at radius 1 is 0.524 bits per heavy atom. The maximum absolute atomic E-state index is 11.5. The molecule has 0 aliphatic rings. The average Bonchev–Trinajstić information content (AvgIpc) is 2.96. The third-order valence-corrected chi connectivity index (χ3v) is 5.00. The van der Waals surface area contributed by atoms with Crippen LogP contribution < -0.4 is 5.32 Å². The van der Waals surface area contributed by atoms with Crippen molar-refractivity contribution in [1.29, 1.82) is 0 Å². The van der Waals surface area contributed by atoms with Gasteiger partial charge < -0.3 is 52.7 Å². The van der Waals surface area contributed by atoms with E-state index in [0.717, 1.165) is 5.56 Å². The lowest BCUT2D eigenvalue weighted by molar-refractivity contribution is -0.0253. The molecule has 0 fully saturated rings. The van der Waals surface area contributed by atoms with Crippen LogP contribution in [-0.4, -0.2) is 131 Å². The summed E-state index contributed by atoms with van der Waals surface area (Å²) in [6, 6.07) is 10.1. The molecular formula is C30H53NO11. The summed E-state index contributed by atoms with van der Waals surface area (Å²) in [7, 11) is 0. The summed E-state index contributed by atoms with van der Waals surface area (Å²) in [5, 5.41) is 2.63. The van der Waals surface area contributed by atoms with E-state index < -0.39 is 11.7 Å². The number of carbonyl (C=O) groups is 1. The predicted octanol–water partition coefficient (Wildman–Crippen LogP) is 2.86. The first kappa shape index (κ1) is 38.2. The number of ether oxygens (including phenoxy) is 10. The minimum Gasteiger partial charge on any atom is -0.444 e. The molecule has 0 aliphatic carbocycles. The van der Waals surface area contributed by atoms with Gasteiger partial charge in [-0.05, 0) is 26.3 Å². The molecule has 1 N–H and O–H groups in total. The third kappa shape index (κ3) is 28.3. The highest BCUT2D eigenvalue weighted by molar-refractivity contribution is 5.67. The van der Waals surface area contributed by atoms with Crippen LogP contribution in [0.15, 0.2) is 30.3 Å². The smallest absolute Gasteiger partial charge is 0.407 e. The molecule has 12 heteroatoms. The number of hydrogen-bond acceptors (Lipinski definition) is 11. The van der Waals surface area contributed by atoms with E-state index in [9.17, 15) is 4.79 Å². The summed E-state index contributed by atoms with van der Waals surface area (Å²) >= 11 is 0. The molecule has 0 saturated carbocycles. The van der Waals surface area contributed by atoms with Crippen LogP contribution in [0.5, 0.6) is 0 Å². The van der Waals surface area contributed by atoms with E-state index in [-0.39, 0.29) is 0 Å². The van der Waals surface area contributed by atoms with Crippen molar-refractivity contribution in [2.24, 2.45) is 0 Å². The van der Waals surface area contributed by atoms with Gasteiger partial charge in [-0.25, -0.2) is 4.79 Å². The molecule has 1 aromatic rings. The van der Waals surface area contributed by atoms with E-state index in [1.165, 1.54) is 0 Å². The Bertz CT molecular complexity index is 719. The molecule has 0 bridgehead atoms. The molecule has 1 rings (SSSR count). The maximum Gasteiger partial charge on any atom is 0.407 e. The first-order chi connectivity index (χ1) is 20.5. The molecule has 0 unspecified atom stereocenters. The van der Waals surface area contributed by atoms with Crippen LogP contribution in [0.1, 0.15) is 26.3 Å². The topological polar surface area (TPSA) is 121 Å². The van der Waals surface area contributed by atoms with Crippen molar-refractivity contribution in [1.82, 2.24) is 5.32 Å². The SMILES string of the molecule is CC(C)(C)OC(=O)NCCOCCOCCOCCOCCOCCOCCOCCOCCOCc1ccccc1. The first-order valence-corrected chi connectivity index (χ1v) is 14.7. The van der Waals surface area contributed by atoms with Crippen LogP contribution in [0.4, 0.5) is 4.79 Å². The van der Waals surface area contributed by atoms with E-state index in [2.05, 4.69) is 5.32 Å². The molecule has 244 valence electrons. The number of nitrogens with one attached hydrogen (secondary N) is 1. The minimum absolute atomic E-state index is 0.386. The van der Waals surface area contributed by atoms with Crippen LogP contribution in [0, 0.1) is 0 Å². The molecule has 42 heavy (non-hydrogen) atoms. The normalized spacial score (nSPS) is 11.6. The van der Waals surface area contributed by atoms with Gasteiger partial charge in [0.2, 0.25) is 0 Å². The molecule has 0 aromatic heterocycles. The van der Waals surface area contributed by atoms with E-state index in [1.807, 2.05) is 51.1 Å². The zero-order valence-electron chi connectivity index (χ0n) is 25.8. The zero-order chi connectivity index (χ0) is 30.4. The molecule has 1 aromatic carbocycles. The summed E-state index contributed by atoms with van der Waals surface area (Å²) < 4.78 is 54.3. The Morgan fingerprint density at radius 2 is 0.857 bits per heavy atom. The molecule has 1 amide bonds. The lowest BCUT2D eigenvalue weighted by Gasteiger charge is -2.19. The monoisotopic (exact) mass is 603 g/mol. The van der Waals surface area contributed by atoms with Crippen molar-refractivity contribution in [3.8, 4) is 0 Å². The molecule has 0 saturated heterocycles. The molecule has 12 nitrogen and oxygen atoms in total. The van der Waals surface area contributed by atoms with Gasteiger partial charge >= 0.3 is 6.09 Å². The minimum atomic E-state index is -0.508. The van der Waals surface area contributed by atoms with Gasteiger partial charge in [0.25, 0.3) is 0 Å². The first-order valence-electron chi connectivity index (χ1n) is 14.7. The second kappa shape index (κ2) is 27.9. The second-order valence-corrected chi connectivity index (χ2v) is 9.87. The van der Waals surface area contributed by atoms with Crippen molar-refractivity contribution in [3.05, 3.63) is 35.9 Å². The summed E-state index contributed by atoms with van der Waals surface area (Å²) in [6.45, 7) is 14.9. The largest absolute Gasteiger partial charge is 0.444 e. The van der Waals surface area contributed by atoms with Gasteiger partial charge in [0.05, 0.1) is 119 Å². The Labute approximate surface area is 251 Å². The standard InChI is InChI=1S/C30H53NO11/c1-30(2,3)42-29(32)31-9-10-33-11-12-34-13-14-35-15-16-36-17-18-37-19-20-38-21-22-39-23-24-40-25-26-41-27-28-7-5-4-6-8-28/h4-8H,9-27H2,1-3H3,(H,31,32). The summed E-state index contributed by atoms with van der Waals surface area (Å²) in [5.41, 5.74) is 0.648. The number of alkyl carbamates (subject to hydrolysis) is 1. The summed E-state index contributed by atoms with van der Waals surface area (Å²) in [5.74, 6) is 0. The quantitative estimate of drug-likeness (QED) is 0.136. The molecule has 0 atom stereocenters. The maximum atomic E-state index is 11.5. The molecule has 0 heterocycles. The fraction of sp³-hybridized carbons (Fsp3) is 0.767.